The molecule has 22 heavy (non-hydrogen) atoms. The second-order valence-corrected chi connectivity index (χ2v) is 5.58. The van der Waals surface area contributed by atoms with Crippen LogP contribution in [0.15, 0.2) is 36.5 Å². The van der Waals surface area contributed by atoms with E-state index in [4.69, 9.17) is 0 Å². The van der Waals surface area contributed by atoms with E-state index < -0.39 is 0 Å². The van der Waals surface area contributed by atoms with Crippen molar-refractivity contribution in [1.29, 1.82) is 0 Å². The Bertz CT molecular complexity index is 621. The molecule has 2 N–H and O–H groups in total. The smallest absolute Gasteiger partial charge is 0.319 e. The Morgan fingerprint density at radius 3 is 2.59 bits per heavy atom. The average Bonchev–Trinajstić information content (AvgIpc) is 2.88. The van der Waals surface area contributed by atoms with E-state index in [1.165, 1.54) is 0 Å². The quantitative estimate of drug-likeness (QED) is 0.875. The van der Waals surface area contributed by atoms with Crippen LogP contribution in [0.2, 0.25) is 0 Å². The number of hydrogen-bond donors (Lipinski definition) is 2. The van der Waals surface area contributed by atoms with Crippen LogP contribution >= 0.6 is 0 Å². The van der Waals surface area contributed by atoms with Gasteiger partial charge in [0.25, 0.3) is 0 Å². The van der Waals surface area contributed by atoms with Gasteiger partial charge in [0.05, 0.1) is 23.6 Å². The molecule has 1 heterocycles. The molecule has 0 spiro atoms. The minimum absolute atomic E-state index is 0.0499. The lowest BCUT2D eigenvalue weighted by Crippen LogP contribution is -2.31. The van der Waals surface area contributed by atoms with Crippen molar-refractivity contribution in [2.75, 3.05) is 5.32 Å². The lowest BCUT2D eigenvalue weighted by atomic mass is 10.1. The summed E-state index contributed by atoms with van der Waals surface area (Å²) in [4.78, 5) is 12.1. The lowest BCUT2D eigenvalue weighted by Gasteiger charge is -2.15. The summed E-state index contributed by atoms with van der Waals surface area (Å²) < 4.78 is 1.94. The molecule has 2 rings (SSSR count). The van der Waals surface area contributed by atoms with E-state index in [1.54, 1.807) is 6.20 Å². The zero-order chi connectivity index (χ0) is 16.1. The summed E-state index contributed by atoms with van der Waals surface area (Å²) in [5.74, 6) is 0. The first-order valence-corrected chi connectivity index (χ1v) is 7.69. The maximum Gasteiger partial charge on any atom is 0.319 e. The predicted molar refractivity (Wildman–Crippen MR) is 89.0 cm³/mol. The second-order valence-electron chi connectivity index (χ2n) is 5.58. The molecule has 1 aromatic carbocycles. The first-order chi connectivity index (χ1) is 10.5. The number of anilines is 1. The molecule has 2 unspecified atom stereocenters. The number of rotatable bonds is 5. The molecule has 0 bridgehead atoms. The number of nitrogens with one attached hydrogen (secondary N) is 2. The number of amides is 2. The number of nitrogens with zero attached hydrogens (tertiary/aromatic N) is 2. The fourth-order valence-electron chi connectivity index (χ4n) is 2.34. The second kappa shape index (κ2) is 7.11. The van der Waals surface area contributed by atoms with Crippen molar-refractivity contribution < 1.29 is 4.79 Å². The molecule has 2 aromatic rings. The number of carbonyl (C=O) groups is 1. The number of carbonyl (C=O) groups excluding carboxylic acids is 1. The van der Waals surface area contributed by atoms with E-state index in [0.717, 1.165) is 23.4 Å². The van der Waals surface area contributed by atoms with Crippen LogP contribution in [0.3, 0.4) is 0 Å². The van der Waals surface area contributed by atoms with Gasteiger partial charge in [-0.3, -0.25) is 4.68 Å². The summed E-state index contributed by atoms with van der Waals surface area (Å²) in [5, 5.41) is 10.2. The van der Waals surface area contributed by atoms with Gasteiger partial charge in [0.1, 0.15) is 0 Å². The minimum atomic E-state index is -0.219. The molecular formula is C17H24N4O. The van der Waals surface area contributed by atoms with E-state index >= 15 is 0 Å². The largest absolute Gasteiger partial charge is 0.331 e. The van der Waals surface area contributed by atoms with Gasteiger partial charge >= 0.3 is 6.03 Å². The number of benzene rings is 1. The topological polar surface area (TPSA) is 59.0 Å². The van der Waals surface area contributed by atoms with Crippen LogP contribution in [0, 0.1) is 6.92 Å². The molecule has 5 heteroatoms. The molecule has 0 aliphatic rings. The van der Waals surface area contributed by atoms with E-state index in [1.807, 2.05) is 48.9 Å². The monoisotopic (exact) mass is 300 g/mol. The van der Waals surface area contributed by atoms with Gasteiger partial charge in [0, 0.05) is 6.04 Å². The third kappa shape index (κ3) is 3.67. The van der Waals surface area contributed by atoms with Crippen LogP contribution in [0.5, 0.6) is 0 Å². The molecule has 0 fully saturated rings. The standard InChI is InChI=1S/C17H24N4O/c1-5-12(2)21-14(4)16(11-18-21)20-17(22)19-13(3)15-9-7-6-8-10-15/h6-13H,5H2,1-4H3,(H2,19,20,22). The van der Waals surface area contributed by atoms with Crippen LogP contribution in [-0.2, 0) is 0 Å². The first-order valence-electron chi connectivity index (χ1n) is 7.69. The number of urea groups is 1. The van der Waals surface area contributed by atoms with Gasteiger partial charge in [-0.15, -0.1) is 0 Å². The highest BCUT2D eigenvalue weighted by atomic mass is 16.2. The maximum atomic E-state index is 12.1. The third-order valence-corrected chi connectivity index (χ3v) is 3.95. The summed E-state index contributed by atoms with van der Waals surface area (Å²) in [5.41, 5.74) is 2.79. The molecular weight excluding hydrogens is 276 g/mol. The van der Waals surface area contributed by atoms with Crippen LogP contribution in [0.4, 0.5) is 10.5 Å². The molecule has 2 amide bonds. The van der Waals surface area contributed by atoms with Gasteiger partial charge in [-0.05, 0) is 32.8 Å². The van der Waals surface area contributed by atoms with Crippen LogP contribution in [0.25, 0.3) is 0 Å². The Morgan fingerprint density at radius 1 is 1.27 bits per heavy atom. The molecule has 0 saturated carbocycles. The van der Waals surface area contributed by atoms with Crippen molar-refractivity contribution >= 4 is 11.7 Å². The van der Waals surface area contributed by atoms with E-state index in [-0.39, 0.29) is 12.1 Å². The Labute approximate surface area is 131 Å². The highest BCUT2D eigenvalue weighted by molar-refractivity contribution is 5.89. The highest BCUT2D eigenvalue weighted by Crippen LogP contribution is 2.20. The Balaban J connectivity index is 1.99. The number of hydrogen-bond acceptors (Lipinski definition) is 2. The fourth-order valence-corrected chi connectivity index (χ4v) is 2.34. The normalized spacial score (nSPS) is 13.5. The molecule has 2 atom stereocenters. The SMILES string of the molecule is CCC(C)n1ncc(NC(=O)NC(C)c2ccccc2)c1C. The molecule has 0 aliphatic heterocycles. The fraction of sp³-hybridized carbons (Fsp3) is 0.412. The zero-order valence-corrected chi connectivity index (χ0v) is 13.6. The lowest BCUT2D eigenvalue weighted by molar-refractivity contribution is 0.249. The summed E-state index contributed by atoms with van der Waals surface area (Å²) in [7, 11) is 0. The van der Waals surface area contributed by atoms with Gasteiger partial charge < -0.3 is 10.6 Å². The van der Waals surface area contributed by atoms with Crippen LogP contribution in [-0.4, -0.2) is 15.8 Å². The van der Waals surface area contributed by atoms with Gasteiger partial charge in [0.15, 0.2) is 0 Å². The van der Waals surface area contributed by atoms with Crippen molar-refractivity contribution in [1.82, 2.24) is 15.1 Å². The summed E-state index contributed by atoms with van der Waals surface area (Å²) >= 11 is 0. The summed E-state index contributed by atoms with van der Waals surface area (Å²) in [6, 6.07) is 9.94. The van der Waals surface area contributed by atoms with Crippen LogP contribution < -0.4 is 10.6 Å². The minimum Gasteiger partial charge on any atom is -0.331 e. The van der Waals surface area contributed by atoms with Gasteiger partial charge in [-0.1, -0.05) is 37.3 Å². The molecule has 0 aliphatic carbocycles. The van der Waals surface area contributed by atoms with Crippen molar-refractivity contribution in [2.24, 2.45) is 0 Å². The van der Waals surface area contributed by atoms with E-state index in [9.17, 15) is 4.79 Å². The Hall–Kier alpha value is -2.30. The maximum absolute atomic E-state index is 12.1. The Kier molecular flexibility index (Phi) is 5.20. The molecule has 0 radical (unpaired) electrons. The average molecular weight is 300 g/mol. The highest BCUT2D eigenvalue weighted by Gasteiger charge is 2.14. The first kappa shape index (κ1) is 16.1. The number of aromatic nitrogens is 2. The molecule has 1 aromatic heterocycles. The van der Waals surface area contributed by atoms with Crippen molar-refractivity contribution in [3.05, 3.63) is 47.8 Å². The van der Waals surface area contributed by atoms with E-state index in [0.29, 0.717) is 6.04 Å². The molecule has 0 saturated heterocycles. The molecule has 5 nitrogen and oxygen atoms in total. The third-order valence-electron chi connectivity index (χ3n) is 3.95. The van der Waals surface area contributed by atoms with Crippen molar-refractivity contribution in [3.8, 4) is 0 Å². The van der Waals surface area contributed by atoms with Crippen molar-refractivity contribution in [3.63, 3.8) is 0 Å². The summed E-state index contributed by atoms with van der Waals surface area (Å²) in [6.07, 6.45) is 2.70. The van der Waals surface area contributed by atoms with Crippen LogP contribution in [0.1, 0.15) is 50.5 Å². The van der Waals surface area contributed by atoms with Gasteiger partial charge in [0.2, 0.25) is 0 Å². The zero-order valence-electron chi connectivity index (χ0n) is 13.6. The van der Waals surface area contributed by atoms with Crippen molar-refractivity contribution in [2.45, 2.75) is 46.2 Å². The van der Waals surface area contributed by atoms with Gasteiger partial charge in [-0.2, -0.15) is 5.10 Å². The van der Waals surface area contributed by atoms with E-state index in [2.05, 4.69) is 29.6 Å². The van der Waals surface area contributed by atoms with Gasteiger partial charge in [-0.25, -0.2) is 4.79 Å². The predicted octanol–water partition coefficient (Wildman–Crippen LogP) is 4.05. The molecule has 118 valence electrons. The summed E-state index contributed by atoms with van der Waals surface area (Å²) in [6.45, 7) is 8.16. The Morgan fingerprint density at radius 2 is 1.95 bits per heavy atom.